The predicted molar refractivity (Wildman–Crippen MR) is 140 cm³/mol. The number of benzene rings is 5. The van der Waals surface area contributed by atoms with Gasteiger partial charge in [0.05, 0.1) is 17.1 Å². The zero-order valence-electron chi connectivity index (χ0n) is 18.2. The van der Waals surface area contributed by atoms with E-state index in [4.69, 9.17) is 0 Å². The molecule has 0 aliphatic carbocycles. The van der Waals surface area contributed by atoms with Gasteiger partial charge < -0.3 is 5.32 Å². The minimum atomic E-state index is 1.00. The van der Waals surface area contributed by atoms with Gasteiger partial charge in [-0.1, -0.05) is 84.9 Å². The molecular weight excluding hydrogens is 402 g/mol. The van der Waals surface area contributed by atoms with Crippen LogP contribution in [0.2, 0.25) is 0 Å². The van der Waals surface area contributed by atoms with Crippen molar-refractivity contribution in [2.75, 3.05) is 15.8 Å². The van der Waals surface area contributed by atoms with E-state index in [1.165, 1.54) is 5.56 Å². The minimum Gasteiger partial charge on any atom is -0.356 e. The monoisotopic (exact) mass is 427 g/mol. The molecule has 0 aromatic heterocycles. The van der Waals surface area contributed by atoms with E-state index in [2.05, 4.69) is 125 Å². The van der Waals surface area contributed by atoms with Gasteiger partial charge in [-0.2, -0.15) is 0 Å². The van der Waals surface area contributed by atoms with E-state index in [1.807, 2.05) is 30.3 Å². The molecular formula is C30H25N3. The van der Waals surface area contributed by atoms with Gasteiger partial charge in [0.25, 0.3) is 0 Å². The fourth-order valence-electron chi connectivity index (χ4n) is 3.82. The summed E-state index contributed by atoms with van der Waals surface area (Å²) in [7, 11) is 0. The molecule has 3 heteroatoms. The van der Waals surface area contributed by atoms with Gasteiger partial charge >= 0.3 is 0 Å². The highest BCUT2D eigenvalue weighted by atomic mass is 15.5. The van der Waals surface area contributed by atoms with Crippen LogP contribution in [0, 0.1) is 0 Å². The van der Waals surface area contributed by atoms with Gasteiger partial charge in [-0.3, -0.25) is 10.4 Å². The summed E-state index contributed by atoms with van der Waals surface area (Å²) in [5.41, 5.74) is 11.2. The number of nitrogens with one attached hydrogen (secondary N) is 2. The Bertz CT molecular complexity index is 1290. The second-order valence-electron chi connectivity index (χ2n) is 7.73. The second-order valence-corrected chi connectivity index (χ2v) is 7.73. The molecule has 0 saturated heterocycles. The molecule has 0 spiro atoms. The lowest BCUT2D eigenvalue weighted by molar-refractivity contribution is 1.16. The number of hydrogen-bond donors (Lipinski definition) is 2. The van der Waals surface area contributed by atoms with Crippen LogP contribution in [0.15, 0.2) is 140 Å². The van der Waals surface area contributed by atoms with E-state index in [1.54, 1.807) is 0 Å². The van der Waals surface area contributed by atoms with Gasteiger partial charge in [0.15, 0.2) is 0 Å². The van der Waals surface area contributed by atoms with E-state index in [0.29, 0.717) is 0 Å². The number of anilines is 5. The summed E-state index contributed by atoms with van der Waals surface area (Å²) in [6.45, 7) is 0. The molecule has 0 amide bonds. The van der Waals surface area contributed by atoms with Crippen LogP contribution < -0.4 is 15.8 Å². The Morgan fingerprint density at radius 1 is 0.424 bits per heavy atom. The molecule has 2 N–H and O–H groups in total. The molecule has 0 atom stereocenters. The zero-order chi connectivity index (χ0) is 22.3. The number of rotatable bonds is 7. The SMILES string of the molecule is c1ccc(Nc2ccc(NN(c3ccccc3)c3ccccc3-c3ccccc3)cc2)cc1. The Balaban J connectivity index is 1.47. The van der Waals surface area contributed by atoms with E-state index in [9.17, 15) is 0 Å². The van der Waals surface area contributed by atoms with Crippen molar-refractivity contribution < 1.29 is 0 Å². The number of nitrogens with zero attached hydrogens (tertiary/aromatic N) is 1. The summed E-state index contributed by atoms with van der Waals surface area (Å²) in [5, 5.41) is 5.58. The first-order valence-electron chi connectivity index (χ1n) is 11.1. The van der Waals surface area contributed by atoms with Crippen molar-refractivity contribution in [3.8, 4) is 11.1 Å². The van der Waals surface area contributed by atoms with Crippen LogP contribution >= 0.6 is 0 Å². The quantitative estimate of drug-likeness (QED) is 0.256. The lowest BCUT2D eigenvalue weighted by Gasteiger charge is -2.29. The van der Waals surface area contributed by atoms with Crippen LogP contribution in [-0.4, -0.2) is 0 Å². The third-order valence-electron chi connectivity index (χ3n) is 5.43. The van der Waals surface area contributed by atoms with E-state index >= 15 is 0 Å². The molecule has 5 aromatic rings. The second kappa shape index (κ2) is 9.75. The van der Waals surface area contributed by atoms with Crippen molar-refractivity contribution in [2.45, 2.75) is 0 Å². The van der Waals surface area contributed by atoms with Crippen LogP contribution in [0.1, 0.15) is 0 Å². The number of hydrogen-bond acceptors (Lipinski definition) is 3. The first-order valence-corrected chi connectivity index (χ1v) is 11.1. The van der Waals surface area contributed by atoms with Crippen LogP contribution in [0.3, 0.4) is 0 Å². The highest BCUT2D eigenvalue weighted by molar-refractivity contribution is 5.84. The van der Waals surface area contributed by atoms with E-state index < -0.39 is 0 Å². The first kappa shape index (κ1) is 20.4. The maximum absolute atomic E-state index is 3.62. The van der Waals surface area contributed by atoms with Crippen molar-refractivity contribution in [1.29, 1.82) is 0 Å². The molecule has 0 aliphatic rings. The fourth-order valence-corrected chi connectivity index (χ4v) is 3.82. The summed E-state index contributed by atoms with van der Waals surface area (Å²) >= 11 is 0. The third-order valence-corrected chi connectivity index (χ3v) is 5.43. The molecule has 0 fully saturated rings. The summed E-state index contributed by atoms with van der Waals surface area (Å²) in [5.74, 6) is 0. The molecule has 0 saturated carbocycles. The molecule has 5 aromatic carbocycles. The van der Waals surface area contributed by atoms with E-state index in [-0.39, 0.29) is 0 Å². The van der Waals surface area contributed by atoms with Crippen molar-refractivity contribution in [1.82, 2.24) is 0 Å². The van der Waals surface area contributed by atoms with Gasteiger partial charge in [0.1, 0.15) is 0 Å². The topological polar surface area (TPSA) is 27.3 Å². The largest absolute Gasteiger partial charge is 0.356 e. The van der Waals surface area contributed by atoms with Gasteiger partial charge in [0, 0.05) is 16.9 Å². The predicted octanol–water partition coefficient (Wildman–Crippen LogP) is 8.26. The molecule has 33 heavy (non-hydrogen) atoms. The van der Waals surface area contributed by atoms with Crippen LogP contribution in [0.4, 0.5) is 28.4 Å². The Hall–Kier alpha value is -4.50. The summed E-state index contributed by atoms with van der Waals surface area (Å²) in [6, 6.07) is 47.9. The summed E-state index contributed by atoms with van der Waals surface area (Å²) < 4.78 is 0. The third kappa shape index (κ3) is 4.89. The lowest BCUT2D eigenvalue weighted by Crippen LogP contribution is -2.25. The Morgan fingerprint density at radius 3 is 1.64 bits per heavy atom. The van der Waals surface area contributed by atoms with Crippen molar-refractivity contribution in [3.05, 3.63) is 140 Å². The molecule has 3 nitrogen and oxygen atoms in total. The zero-order valence-corrected chi connectivity index (χ0v) is 18.2. The Labute approximate surface area is 194 Å². The van der Waals surface area contributed by atoms with Gasteiger partial charge in [-0.15, -0.1) is 0 Å². The molecule has 0 bridgehead atoms. The summed E-state index contributed by atoms with van der Waals surface area (Å²) in [6.07, 6.45) is 0. The van der Waals surface area contributed by atoms with Gasteiger partial charge in [0.2, 0.25) is 0 Å². The van der Waals surface area contributed by atoms with Gasteiger partial charge in [-0.05, 0) is 60.2 Å². The van der Waals surface area contributed by atoms with Crippen LogP contribution in [0.25, 0.3) is 11.1 Å². The van der Waals surface area contributed by atoms with Crippen molar-refractivity contribution >= 4 is 28.4 Å². The molecule has 160 valence electrons. The first-order chi connectivity index (χ1) is 16.4. The molecule has 0 unspecified atom stereocenters. The average Bonchev–Trinajstić information content (AvgIpc) is 2.90. The summed E-state index contributed by atoms with van der Waals surface area (Å²) in [4.78, 5) is 0. The maximum atomic E-state index is 3.62. The average molecular weight is 428 g/mol. The Kier molecular flexibility index (Phi) is 6.03. The number of hydrazine groups is 1. The highest BCUT2D eigenvalue weighted by Crippen LogP contribution is 2.35. The number of para-hydroxylation sites is 3. The Morgan fingerprint density at radius 2 is 0.939 bits per heavy atom. The highest BCUT2D eigenvalue weighted by Gasteiger charge is 2.14. The standard InChI is InChI=1S/C30H25N3/c1-4-12-24(13-5-1)29-18-10-11-19-30(29)33(28-16-8-3-9-17-28)32-27-22-20-26(21-23-27)31-25-14-6-2-7-15-25/h1-23,31-32H. The molecule has 5 rings (SSSR count). The van der Waals surface area contributed by atoms with Gasteiger partial charge in [-0.25, -0.2) is 0 Å². The smallest absolute Gasteiger partial charge is 0.0708 e. The van der Waals surface area contributed by atoms with Crippen LogP contribution in [-0.2, 0) is 0 Å². The normalized spacial score (nSPS) is 10.4. The maximum Gasteiger partial charge on any atom is 0.0708 e. The molecule has 0 aliphatic heterocycles. The fraction of sp³-hybridized carbons (Fsp3) is 0. The molecule has 0 heterocycles. The van der Waals surface area contributed by atoms with Crippen molar-refractivity contribution in [2.24, 2.45) is 0 Å². The lowest BCUT2D eigenvalue weighted by atomic mass is 10.0. The van der Waals surface area contributed by atoms with E-state index in [0.717, 1.165) is 34.0 Å². The minimum absolute atomic E-state index is 1.00. The van der Waals surface area contributed by atoms with Crippen LogP contribution in [0.5, 0.6) is 0 Å². The van der Waals surface area contributed by atoms with Crippen molar-refractivity contribution in [3.63, 3.8) is 0 Å². The molecule has 0 radical (unpaired) electrons.